The van der Waals surface area contributed by atoms with Gasteiger partial charge in [0.2, 0.25) is 0 Å². The van der Waals surface area contributed by atoms with Gasteiger partial charge in [0.05, 0.1) is 6.10 Å². The zero-order valence-corrected chi connectivity index (χ0v) is 11.0. The summed E-state index contributed by atoms with van der Waals surface area (Å²) in [6.45, 7) is 4.31. The van der Waals surface area contributed by atoms with Gasteiger partial charge in [-0.1, -0.05) is 6.92 Å². The fourth-order valence-electron chi connectivity index (χ4n) is 2.51. The summed E-state index contributed by atoms with van der Waals surface area (Å²) in [6.07, 6.45) is 1.27. The molecule has 1 aliphatic heterocycles. The van der Waals surface area contributed by atoms with Crippen molar-refractivity contribution in [2.45, 2.75) is 26.0 Å². The molecule has 0 amide bonds. The van der Waals surface area contributed by atoms with E-state index in [1.54, 1.807) is 13.2 Å². The van der Waals surface area contributed by atoms with Crippen LogP contribution in [-0.4, -0.2) is 26.3 Å². The number of halogens is 1. The summed E-state index contributed by atoms with van der Waals surface area (Å²) in [6, 6.07) is 5.03. The topological polar surface area (TPSA) is 38.5 Å². The van der Waals surface area contributed by atoms with Gasteiger partial charge in [-0.15, -0.1) is 0 Å². The zero-order valence-electron chi connectivity index (χ0n) is 11.0. The molecule has 3 nitrogen and oxygen atoms in total. The fourth-order valence-corrected chi connectivity index (χ4v) is 2.51. The van der Waals surface area contributed by atoms with Crippen molar-refractivity contribution in [1.29, 1.82) is 0 Å². The Morgan fingerprint density at radius 2 is 2.22 bits per heavy atom. The first kappa shape index (κ1) is 13.3. The molecule has 100 valence electrons. The van der Waals surface area contributed by atoms with E-state index in [1.165, 1.54) is 6.07 Å². The molecule has 2 rings (SSSR count). The summed E-state index contributed by atoms with van der Waals surface area (Å²) in [7, 11) is 1.74. The van der Waals surface area contributed by atoms with Crippen LogP contribution in [0.15, 0.2) is 18.2 Å². The molecule has 1 heterocycles. The molecule has 0 bridgehead atoms. The molecular weight excluding hydrogens is 231 g/mol. The molecule has 0 aromatic heterocycles. The number of anilines is 1. The van der Waals surface area contributed by atoms with Crippen molar-refractivity contribution in [1.82, 2.24) is 0 Å². The van der Waals surface area contributed by atoms with Crippen LogP contribution in [0.25, 0.3) is 0 Å². The highest BCUT2D eigenvalue weighted by atomic mass is 19.1. The van der Waals surface area contributed by atoms with Crippen molar-refractivity contribution in [2.75, 3.05) is 25.1 Å². The molecule has 0 saturated carbocycles. The summed E-state index contributed by atoms with van der Waals surface area (Å²) >= 11 is 0. The molecule has 4 heteroatoms. The highest BCUT2D eigenvalue weighted by Crippen LogP contribution is 2.26. The lowest BCUT2D eigenvalue weighted by molar-refractivity contribution is 0.0498. The van der Waals surface area contributed by atoms with Gasteiger partial charge in [0.15, 0.2) is 0 Å². The van der Waals surface area contributed by atoms with E-state index in [1.807, 2.05) is 6.07 Å². The molecule has 2 N–H and O–H groups in total. The Morgan fingerprint density at radius 3 is 2.89 bits per heavy atom. The van der Waals surface area contributed by atoms with Crippen LogP contribution >= 0.6 is 0 Å². The predicted molar refractivity (Wildman–Crippen MR) is 71.1 cm³/mol. The molecule has 2 atom stereocenters. The lowest BCUT2D eigenvalue weighted by Crippen LogP contribution is -2.44. The number of nitrogens with two attached hydrogens (primary N) is 1. The summed E-state index contributed by atoms with van der Waals surface area (Å²) < 4.78 is 19.0. The van der Waals surface area contributed by atoms with Gasteiger partial charge in [0.1, 0.15) is 5.82 Å². The molecule has 0 radical (unpaired) electrons. The second-order valence-electron chi connectivity index (χ2n) is 5.01. The maximum absolute atomic E-state index is 13.5. The van der Waals surface area contributed by atoms with Crippen LogP contribution in [0.4, 0.5) is 10.1 Å². The van der Waals surface area contributed by atoms with E-state index >= 15 is 0 Å². The van der Waals surface area contributed by atoms with Crippen LogP contribution in [0.3, 0.4) is 0 Å². The van der Waals surface area contributed by atoms with Gasteiger partial charge in [-0.05, 0) is 36.1 Å². The Balaban J connectivity index is 2.18. The summed E-state index contributed by atoms with van der Waals surface area (Å²) in [5.74, 6) is 0.328. The molecule has 18 heavy (non-hydrogen) atoms. The Kier molecular flexibility index (Phi) is 4.19. The lowest BCUT2D eigenvalue weighted by atomic mass is 9.95. The summed E-state index contributed by atoms with van der Waals surface area (Å²) in [5, 5.41) is 0. The molecule has 0 aliphatic carbocycles. The number of rotatable bonds is 3. The molecule has 2 unspecified atom stereocenters. The minimum atomic E-state index is -0.222. The van der Waals surface area contributed by atoms with Gasteiger partial charge in [-0.25, -0.2) is 4.39 Å². The second-order valence-corrected chi connectivity index (χ2v) is 5.01. The Morgan fingerprint density at radius 1 is 1.44 bits per heavy atom. The maximum atomic E-state index is 13.5. The van der Waals surface area contributed by atoms with E-state index in [4.69, 9.17) is 10.5 Å². The van der Waals surface area contributed by atoms with Gasteiger partial charge >= 0.3 is 0 Å². The molecule has 1 fully saturated rings. The van der Waals surface area contributed by atoms with E-state index in [-0.39, 0.29) is 11.9 Å². The molecule has 1 aliphatic rings. The molecule has 0 spiro atoms. The monoisotopic (exact) mass is 252 g/mol. The molecule has 1 aromatic rings. The van der Waals surface area contributed by atoms with Crippen molar-refractivity contribution in [3.8, 4) is 0 Å². The van der Waals surface area contributed by atoms with Crippen LogP contribution < -0.4 is 10.6 Å². The van der Waals surface area contributed by atoms with Crippen LogP contribution in [0.2, 0.25) is 0 Å². The minimum Gasteiger partial charge on any atom is -0.379 e. The van der Waals surface area contributed by atoms with Crippen LogP contribution in [-0.2, 0) is 11.3 Å². The Bertz CT molecular complexity index is 411. The first-order valence-corrected chi connectivity index (χ1v) is 6.41. The predicted octanol–water partition coefficient (Wildman–Crippen LogP) is 2.15. The standard InChI is InChI=1S/C14H21FN2O/c1-10-3-4-17(9-14(10)18-2)13-6-11(8-16)5-12(15)7-13/h5-7,10,14H,3-4,8-9,16H2,1-2H3. The normalized spacial score (nSPS) is 24.3. The highest BCUT2D eigenvalue weighted by Gasteiger charge is 2.26. The lowest BCUT2D eigenvalue weighted by Gasteiger charge is -2.37. The largest absolute Gasteiger partial charge is 0.379 e. The summed E-state index contributed by atoms with van der Waals surface area (Å²) in [5.41, 5.74) is 7.32. The number of ether oxygens (including phenoxy) is 1. The van der Waals surface area contributed by atoms with Crippen LogP contribution in [0, 0.1) is 11.7 Å². The van der Waals surface area contributed by atoms with Gasteiger partial charge in [0, 0.05) is 32.4 Å². The third-order valence-electron chi connectivity index (χ3n) is 3.74. The van der Waals surface area contributed by atoms with E-state index in [0.717, 1.165) is 30.8 Å². The number of piperidine rings is 1. The Labute approximate surface area is 108 Å². The third-order valence-corrected chi connectivity index (χ3v) is 3.74. The average Bonchev–Trinajstić information content (AvgIpc) is 2.38. The molecule has 1 aromatic carbocycles. The van der Waals surface area contributed by atoms with Gasteiger partial charge in [-0.3, -0.25) is 0 Å². The highest BCUT2D eigenvalue weighted by molar-refractivity contribution is 5.49. The number of methoxy groups -OCH3 is 1. The van der Waals surface area contributed by atoms with E-state index < -0.39 is 0 Å². The van der Waals surface area contributed by atoms with Gasteiger partial charge in [0.25, 0.3) is 0 Å². The van der Waals surface area contributed by atoms with Crippen molar-refractivity contribution >= 4 is 5.69 Å². The van der Waals surface area contributed by atoms with Crippen molar-refractivity contribution in [3.05, 3.63) is 29.6 Å². The van der Waals surface area contributed by atoms with Crippen molar-refractivity contribution < 1.29 is 9.13 Å². The number of benzene rings is 1. The second kappa shape index (κ2) is 5.67. The van der Waals surface area contributed by atoms with Crippen LogP contribution in [0.5, 0.6) is 0 Å². The minimum absolute atomic E-state index is 0.211. The first-order valence-electron chi connectivity index (χ1n) is 6.41. The third kappa shape index (κ3) is 2.82. The average molecular weight is 252 g/mol. The SMILES string of the molecule is COC1CN(c2cc(F)cc(CN)c2)CCC1C. The van der Waals surface area contributed by atoms with Crippen molar-refractivity contribution in [2.24, 2.45) is 11.7 Å². The summed E-state index contributed by atoms with van der Waals surface area (Å²) in [4.78, 5) is 2.18. The first-order chi connectivity index (χ1) is 8.63. The van der Waals surface area contributed by atoms with Crippen LogP contribution in [0.1, 0.15) is 18.9 Å². The van der Waals surface area contributed by atoms with E-state index in [9.17, 15) is 4.39 Å². The number of nitrogens with zero attached hydrogens (tertiary/aromatic N) is 1. The maximum Gasteiger partial charge on any atom is 0.125 e. The Hall–Kier alpha value is -1.13. The molecule has 1 saturated heterocycles. The van der Waals surface area contributed by atoms with Crippen molar-refractivity contribution in [3.63, 3.8) is 0 Å². The van der Waals surface area contributed by atoms with E-state index in [2.05, 4.69) is 11.8 Å². The smallest absolute Gasteiger partial charge is 0.125 e. The molecular formula is C14H21FN2O. The quantitative estimate of drug-likeness (QED) is 0.895. The fraction of sp³-hybridized carbons (Fsp3) is 0.571. The zero-order chi connectivity index (χ0) is 13.1. The number of hydrogen-bond acceptors (Lipinski definition) is 3. The van der Waals surface area contributed by atoms with E-state index in [0.29, 0.717) is 12.5 Å². The van der Waals surface area contributed by atoms with Gasteiger partial charge in [-0.2, -0.15) is 0 Å². The van der Waals surface area contributed by atoms with Gasteiger partial charge < -0.3 is 15.4 Å². The number of hydrogen-bond donors (Lipinski definition) is 1.